The smallest absolute Gasteiger partial charge is 0.0181 e. The first-order valence-electron chi connectivity index (χ1n) is 6.12. The lowest BCUT2D eigenvalue weighted by Crippen LogP contribution is -2.08. The molecule has 1 aliphatic carbocycles. The van der Waals surface area contributed by atoms with Gasteiger partial charge < -0.3 is 0 Å². The predicted molar refractivity (Wildman–Crippen MR) is 73.2 cm³/mol. The fourth-order valence-corrected chi connectivity index (χ4v) is 2.30. The van der Waals surface area contributed by atoms with Gasteiger partial charge in [-0.1, -0.05) is 54.6 Å². The molecule has 0 radical (unpaired) electrons. The van der Waals surface area contributed by atoms with Gasteiger partial charge in [-0.05, 0) is 47.6 Å². The second kappa shape index (κ2) is 3.89. The number of hydrogen-bond acceptors (Lipinski definition) is 0. The Hall–Kier alpha value is -1.82. The van der Waals surface area contributed by atoms with Crippen LogP contribution in [-0.4, -0.2) is 0 Å². The Morgan fingerprint density at radius 1 is 0.882 bits per heavy atom. The molecule has 0 bridgehead atoms. The molecular formula is C17H16. The van der Waals surface area contributed by atoms with Gasteiger partial charge in [-0.2, -0.15) is 0 Å². The van der Waals surface area contributed by atoms with Gasteiger partial charge in [0, 0.05) is 0 Å². The zero-order chi connectivity index (χ0) is 11.8. The fourth-order valence-electron chi connectivity index (χ4n) is 2.30. The standard InChI is InChI=1S/C17H16/c1-12-3-5-14(6-4-12)13(2)16-9-7-15-8-10-17(15)11-16/h3-7,9,11H,2,8,10H2,1H3. The highest BCUT2D eigenvalue weighted by atomic mass is 14.2. The highest BCUT2D eigenvalue weighted by Gasteiger charge is 2.13. The van der Waals surface area contributed by atoms with Crippen LogP contribution in [0.3, 0.4) is 0 Å². The maximum atomic E-state index is 4.22. The van der Waals surface area contributed by atoms with Crippen LogP contribution in [0.5, 0.6) is 0 Å². The molecule has 0 unspecified atom stereocenters. The van der Waals surface area contributed by atoms with Gasteiger partial charge in [0.2, 0.25) is 0 Å². The van der Waals surface area contributed by atoms with Gasteiger partial charge in [0.25, 0.3) is 0 Å². The highest BCUT2D eigenvalue weighted by molar-refractivity contribution is 5.78. The third kappa shape index (κ3) is 1.80. The molecule has 0 saturated heterocycles. The van der Waals surface area contributed by atoms with Crippen molar-refractivity contribution in [1.29, 1.82) is 0 Å². The third-order valence-corrected chi connectivity index (χ3v) is 3.62. The number of hydrogen-bond donors (Lipinski definition) is 0. The monoisotopic (exact) mass is 220 g/mol. The lowest BCUT2D eigenvalue weighted by atomic mass is 9.85. The molecule has 0 nitrogen and oxygen atoms in total. The van der Waals surface area contributed by atoms with Crippen LogP contribution in [0.25, 0.3) is 5.57 Å². The van der Waals surface area contributed by atoms with Crippen LogP contribution in [0.15, 0.2) is 49.0 Å². The van der Waals surface area contributed by atoms with E-state index in [1.54, 1.807) is 0 Å². The van der Waals surface area contributed by atoms with E-state index >= 15 is 0 Å². The van der Waals surface area contributed by atoms with Crippen LogP contribution < -0.4 is 0 Å². The average molecular weight is 220 g/mol. The Kier molecular flexibility index (Phi) is 2.36. The SMILES string of the molecule is C=C(c1ccc(C)cc1)c1ccc2c(c1)CC2. The first kappa shape index (κ1) is 10.3. The van der Waals surface area contributed by atoms with Gasteiger partial charge >= 0.3 is 0 Å². The van der Waals surface area contributed by atoms with Crippen molar-refractivity contribution in [3.8, 4) is 0 Å². The molecule has 84 valence electrons. The minimum atomic E-state index is 1.12. The summed E-state index contributed by atoms with van der Waals surface area (Å²) in [5.41, 5.74) is 7.89. The highest BCUT2D eigenvalue weighted by Crippen LogP contribution is 2.29. The maximum Gasteiger partial charge on any atom is -0.0181 e. The number of fused-ring (bicyclic) bond motifs is 1. The van der Waals surface area contributed by atoms with E-state index in [1.807, 2.05) is 0 Å². The number of rotatable bonds is 2. The van der Waals surface area contributed by atoms with Crippen molar-refractivity contribution in [2.75, 3.05) is 0 Å². The molecule has 0 heterocycles. The molecule has 3 rings (SSSR count). The molecule has 0 heteroatoms. The van der Waals surface area contributed by atoms with E-state index in [0.717, 1.165) is 5.57 Å². The normalized spacial score (nSPS) is 12.8. The second-order valence-corrected chi connectivity index (χ2v) is 4.83. The van der Waals surface area contributed by atoms with Gasteiger partial charge in [0.05, 0.1) is 0 Å². The van der Waals surface area contributed by atoms with Crippen molar-refractivity contribution in [1.82, 2.24) is 0 Å². The molecule has 0 N–H and O–H groups in total. The van der Waals surface area contributed by atoms with Crippen molar-refractivity contribution in [2.24, 2.45) is 0 Å². The van der Waals surface area contributed by atoms with E-state index in [9.17, 15) is 0 Å². The minimum absolute atomic E-state index is 1.12. The molecule has 17 heavy (non-hydrogen) atoms. The molecule has 1 aliphatic rings. The number of benzene rings is 2. The van der Waals surface area contributed by atoms with Gasteiger partial charge in [0.15, 0.2) is 0 Å². The minimum Gasteiger partial charge on any atom is -0.0906 e. The van der Waals surface area contributed by atoms with Gasteiger partial charge in [-0.3, -0.25) is 0 Å². The summed E-state index contributed by atoms with van der Waals surface area (Å²) in [6.07, 6.45) is 2.47. The molecule has 0 aromatic heterocycles. The summed E-state index contributed by atoms with van der Waals surface area (Å²) in [4.78, 5) is 0. The molecule has 0 aliphatic heterocycles. The Morgan fingerprint density at radius 3 is 2.12 bits per heavy atom. The van der Waals surface area contributed by atoms with Crippen molar-refractivity contribution < 1.29 is 0 Å². The summed E-state index contributed by atoms with van der Waals surface area (Å²) in [7, 11) is 0. The molecule has 0 spiro atoms. The zero-order valence-corrected chi connectivity index (χ0v) is 10.2. The average Bonchev–Trinajstić information content (AvgIpc) is 2.31. The van der Waals surface area contributed by atoms with Gasteiger partial charge in [-0.15, -0.1) is 0 Å². The van der Waals surface area contributed by atoms with E-state index in [4.69, 9.17) is 0 Å². The molecule has 2 aromatic carbocycles. The van der Waals surface area contributed by atoms with Crippen molar-refractivity contribution in [2.45, 2.75) is 19.8 Å². The van der Waals surface area contributed by atoms with Crippen molar-refractivity contribution >= 4 is 5.57 Å². The van der Waals surface area contributed by atoms with Crippen LogP contribution >= 0.6 is 0 Å². The quantitative estimate of drug-likeness (QED) is 0.713. The van der Waals surface area contributed by atoms with E-state index in [0.29, 0.717) is 0 Å². The van der Waals surface area contributed by atoms with Crippen LogP contribution in [0, 0.1) is 6.92 Å². The molecule has 0 saturated carbocycles. The second-order valence-electron chi connectivity index (χ2n) is 4.83. The van der Waals surface area contributed by atoms with Gasteiger partial charge in [-0.25, -0.2) is 0 Å². The lowest BCUT2D eigenvalue weighted by molar-refractivity contribution is 0.838. The summed E-state index contributed by atoms with van der Waals surface area (Å²) in [6.45, 7) is 6.33. The summed E-state index contributed by atoms with van der Waals surface area (Å²) >= 11 is 0. The number of aryl methyl sites for hydroxylation is 3. The lowest BCUT2D eigenvalue weighted by Gasteiger charge is -2.20. The Bertz CT molecular complexity index is 573. The van der Waals surface area contributed by atoms with E-state index in [-0.39, 0.29) is 0 Å². The first-order chi connectivity index (χ1) is 8.24. The zero-order valence-electron chi connectivity index (χ0n) is 10.2. The Labute approximate surface area is 103 Å². The topological polar surface area (TPSA) is 0 Å². The van der Waals surface area contributed by atoms with Crippen molar-refractivity contribution in [3.63, 3.8) is 0 Å². The van der Waals surface area contributed by atoms with Gasteiger partial charge in [0.1, 0.15) is 0 Å². The Morgan fingerprint density at radius 2 is 1.53 bits per heavy atom. The van der Waals surface area contributed by atoms with Crippen molar-refractivity contribution in [3.05, 3.63) is 76.9 Å². The molecular weight excluding hydrogens is 204 g/mol. The van der Waals surface area contributed by atoms with Crippen LogP contribution in [0.1, 0.15) is 27.8 Å². The van der Waals surface area contributed by atoms with E-state index in [2.05, 4.69) is 56.0 Å². The predicted octanol–water partition coefficient (Wildman–Crippen LogP) is 4.16. The molecule has 0 fully saturated rings. The van der Waals surface area contributed by atoms with Crippen LogP contribution in [-0.2, 0) is 12.8 Å². The van der Waals surface area contributed by atoms with E-state index < -0.39 is 0 Å². The largest absolute Gasteiger partial charge is 0.0906 e. The van der Waals surface area contributed by atoms with E-state index in [1.165, 1.54) is 40.7 Å². The summed E-state index contributed by atoms with van der Waals surface area (Å²) in [5.74, 6) is 0. The summed E-state index contributed by atoms with van der Waals surface area (Å²) < 4.78 is 0. The molecule has 0 atom stereocenters. The van der Waals surface area contributed by atoms with Crippen LogP contribution in [0.2, 0.25) is 0 Å². The third-order valence-electron chi connectivity index (χ3n) is 3.62. The van der Waals surface area contributed by atoms with Crippen LogP contribution in [0.4, 0.5) is 0 Å². The molecule has 0 amide bonds. The first-order valence-corrected chi connectivity index (χ1v) is 6.12. The fraction of sp³-hybridized carbons (Fsp3) is 0.176. The maximum absolute atomic E-state index is 4.22. The summed E-state index contributed by atoms with van der Waals surface area (Å²) in [5, 5.41) is 0. The summed E-state index contributed by atoms with van der Waals surface area (Å²) in [6, 6.07) is 15.3. The Balaban J connectivity index is 1.95. The molecule has 2 aromatic rings.